The molecule has 3 heteroatoms. The van der Waals surface area contributed by atoms with E-state index in [4.69, 9.17) is 11.6 Å². The first-order valence-electron chi connectivity index (χ1n) is 3.22. The standard InChI is InChI=1S/C6H12ClNS/c1-4(2)6-8-5(7)3-9-6/h4-6,8H,3H2,1-2H3. The van der Waals surface area contributed by atoms with Crippen molar-refractivity contribution < 1.29 is 0 Å². The molecule has 1 heterocycles. The molecule has 54 valence electrons. The van der Waals surface area contributed by atoms with Gasteiger partial charge in [-0.2, -0.15) is 0 Å². The summed E-state index contributed by atoms with van der Waals surface area (Å²) in [5, 5.41) is 3.86. The first kappa shape index (κ1) is 7.70. The molecule has 2 unspecified atom stereocenters. The molecule has 0 bridgehead atoms. The predicted molar refractivity (Wildman–Crippen MR) is 43.9 cm³/mol. The van der Waals surface area contributed by atoms with E-state index in [-0.39, 0.29) is 5.50 Å². The maximum Gasteiger partial charge on any atom is 0.0926 e. The van der Waals surface area contributed by atoms with Crippen LogP contribution >= 0.6 is 23.4 Å². The Morgan fingerprint density at radius 1 is 1.67 bits per heavy atom. The van der Waals surface area contributed by atoms with E-state index in [0.29, 0.717) is 11.3 Å². The fourth-order valence-electron chi connectivity index (χ4n) is 0.848. The van der Waals surface area contributed by atoms with Crippen LogP contribution in [-0.2, 0) is 0 Å². The average Bonchev–Trinajstić information content (AvgIpc) is 2.14. The highest BCUT2D eigenvalue weighted by atomic mass is 35.5. The van der Waals surface area contributed by atoms with Gasteiger partial charge in [0.2, 0.25) is 0 Å². The molecule has 0 amide bonds. The van der Waals surface area contributed by atoms with Crippen LogP contribution in [0.5, 0.6) is 0 Å². The molecule has 2 atom stereocenters. The van der Waals surface area contributed by atoms with Gasteiger partial charge in [-0.05, 0) is 5.92 Å². The lowest BCUT2D eigenvalue weighted by atomic mass is 10.2. The fraction of sp³-hybridized carbons (Fsp3) is 1.00. The topological polar surface area (TPSA) is 12.0 Å². The Bertz CT molecular complexity index is 97.1. The van der Waals surface area contributed by atoms with Crippen molar-refractivity contribution in [3.05, 3.63) is 0 Å². The molecular formula is C6H12ClNS. The number of hydrogen-bond donors (Lipinski definition) is 1. The second kappa shape index (κ2) is 3.13. The Kier molecular flexibility index (Phi) is 2.68. The third-order valence-corrected chi connectivity index (χ3v) is 3.40. The van der Waals surface area contributed by atoms with Gasteiger partial charge in [0.15, 0.2) is 0 Å². The first-order chi connectivity index (χ1) is 4.20. The molecule has 1 aliphatic heterocycles. The van der Waals surface area contributed by atoms with E-state index in [9.17, 15) is 0 Å². The summed E-state index contributed by atoms with van der Waals surface area (Å²) in [5.74, 6) is 1.74. The van der Waals surface area contributed by atoms with Gasteiger partial charge in [0.25, 0.3) is 0 Å². The van der Waals surface area contributed by atoms with Crippen LogP contribution in [0.4, 0.5) is 0 Å². The van der Waals surface area contributed by atoms with E-state index in [0.717, 1.165) is 5.75 Å². The zero-order valence-corrected chi connectivity index (χ0v) is 7.30. The van der Waals surface area contributed by atoms with Crippen molar-refractivity contribution in [2.75, 3.05) is 5.75 Å². The fourth-order valence-corrected chi connectivity index (χ4v) is 2.39. The van der Waals surface area contributed by atoms with Gasteiger partial charge in [0, 0.05) is 5.75 Å². The number of alkyl halides is 1. The van der Waals surface area contributed by atoms with Crippen molar-refractivity contribution in [2.45, 2.75) is 24.7 Å². The van der Waals surface area contributed by atoms with Gasteiger partial charge in [-0.25, -0.2) is 0 Å². The summed E-state index contributed by atoms with van der Waals surface area (Å²) in [4.78, 5) is 0. The number of thioether (sulfide) groups is 1. The van der Waals surface area contributed by atoms with E-state index < -0.39 is 0 Å². The summed E-state index contributed by atoms with van der Waals surface area (Å²) in [5.41, 5.74) is 0.197. The Hall–Kier alpha value is 0.600. The molecular weight excluding hydrogens is 154 g/mol. The summed E-state index contributed by atoms with van der Waals surface area (Å²) in [7, 11) is 0. The van der Waals surface area contributed by atoms with Crippen LogP contribution in [0.2, 0.25) is 0 Å². The Balaban J connectivity index is 2.30. The summed E-state index contributed by atoms with van der Waals surface area (Å²) in [6.45, 7) is 4.42. The van der Waals surface area contributed by atoms with Crippen LogP contribution in [0.1, 0.15) is 13.8 Å². The van der Waals surface area contributed by atoms with Crippen LogP contribution in [0.3, 0.4) is 0 Å². The molecule has 1 saturated heterocycles. The second-order valence-corrected chi connectivity index (χ2v) is 4.33. The van der Waals surface area contributed by atoms with Gasteiger partial charge in [-0.1, -0.05) is 13.8 Å². The Labute approximate surface area is 65.5 Å². The molecule has 0 aliphatic carbocycles. The monoisotopic (exact) mass is 165 g/mol. The van der Waals surface area contributed by atoms with Crippen LogP contribution in [0, 0.1) is 5.92 Å². The number of hydrogen-bond acceptors (Lipinski definition) is 2. The lowest BCUT2D eigenvalue weighted by Crippen LogP contribution is -2.29. The molecule has 9 heavy (non-hydrogen) atoms. The van der Waals surface area contributed by atoms with E-state index in [1.807, 2.05) is 11.8 Å². The van der Waals surface area contributed by atoms with E-state index in [2.05, 4.69) is 19.2 Å². The molecule has 1 fully saturated rings. The zero-order valence-electron chi connectivity index (χ0n) is 5.73. The quantitative estimate of drug-likeness (QED) is 0.471. The number of nitrogens with one attached hydrogen (secondary N) is 1. The summed E-state index contributed by atoms with van der Waals surface area (Å²) in [6.07, 6.45) is 0. The van der Waals surface area contributed by atoms with Gasteiger partial charge in [0.1, 0.15) is 0 Å². The van der Waals surface area contributed by atoms with Crippen molar-refractivity contribution >= 4 is 23.4 Å². The third-order valence-electron chi connectivity index (χ3n) is 1.37. The minimum atomic E-state index is 0.197. The number of halogens is 1. The molecule has 0 saturated carbocycles. The van der Waals surface area contributed by atoms with Gasteiger partial charge < -0.3 is 0 Å². The van der Waals surface area contributed by atoms with Gasteiger partial charge in [0.05, 0.1) is 10.9 Å². The highest BCUT2D eigenvalue weighted by molar-refractivity contribution is 8.00. The largest absolute Gasteiger partial charge is 0.289 e. The number of rotatable bonds is 1. The lowest BCUT2D eigenvalue weighted by molar-refractivity contribution is 0.531. The average molecular weight is 166 g/mol. The SMILES string of the molecule is CC(C)C1NC(Cl)CS1. The normalized spacial score (nSPS) is 36.0. The summed E-state index contributed by atoms with van der Waals surface area (Å²) in [6, 6.07) is 0. The molecule has 1 N–H and O–H groups in total. The minimum absolute atomic E-state index is 0.197. The van der Waals surface area contributed by atoms with Crippen LogP contribution in [0.15, 0.2) is 0 Å². The molecule has 0 aromatic rings. The van der Waals surface area contributed by atoms with Crippen LogP contribution in [0.25, 0.3) is 0 Å². The van der Waals surface area contributed by atoms with Crippen molar-refractivity contribution in [1.29, 1.82) is 0 Å². The molecule has 1 aliphatic rings. The van der Waals surface area contributed by atoms with Crippen molar-refractivity contribution in [2.24, 2.45) is 5.92 Å². The van der Waals surface area contributed by atoms with E-state index >= 15 is 0 Å². The van der Waals surface area contributed by atoms with E-state index in [1.165, 1.54) is 0 Å². The summed E-state index contributed by atoms with van der Waals surface area (Å²) >= 11 is 7.73. The highest BCUT2D eigenvalue weighted by Crippen LogP contribution is 2.25. The molecule has 0 radical (unpaired) electrons. The highest BCUT2D eigenvalue weighted by Gasteiger charge is 2.24. The van der Waals surface area contributed by atoms with Crippen molar-refractivity contribution in [3.63, 3.8) is 0 Å². The van der Waals surface area contributed by atoms with Gasteiger partial charge in [-0.3, -0.25) is 5.32 Å². The predicted octanol–water partition coefficient (Wildman–Crippen LogP) is 1.87. The van der Waals surface area contributed by atoms with E-state index in [1.54, 1.807) is 0 Å². The van der Waals surface area contributed by atoms with Crippen LogP contribution < -0.4 is 5.32 Å². The van der Waals surface area contributed by atoms with Gasteiger partial charge >= 0.3 is 0 Å². The maximum atomic E-state index is 5.82. The molecule has 1 rings (SSSR count). The first-order valence-corrected chi connectivity index (χ1v) is 4.70. The Morgan fingerprint density at radius 3 is 2.56 bits per heavy atom. The van der Waals surface area contributed by atoms with Crippen molar-refractivity contribution in [3.8, 4) is 0 Å². The van der Waals surface area contributed by atoms with Crippen LogP contribution in [-0.4, -0.2) is 16.6 Å². The lowest BCUT2D eigenvalue weighted by Gasteiger charge is -2.12. The molecule has 0 aromatic heterocycles. The molecule has 0 spiro atoms. The van der Waals surface area contributed by atoms with Crippen molar-refractivity contribution in [1.82, 2.24) is 5.32 Å². The molecule has 1 nitrogen and oxygen atoms in total. The maximum absolute atomic E-state index is 5.82. The minimum Gasteiger partial charge on any atom is -0.289 e. The Morgan fingerprint density at radius 2 is 2.33 bits per heavy atom. The molecule has 0 aromatic carbocycles. The summed E-state index contributed by atoms with van der Waals surface area (Å²) < 4.78 is 0. The smallest absolute Gasteiger partial charge is 0.0926 e. The van der Waals surface area contributed by atoms with Gasteiger partial charge in [-0.15, -0.1) is 23.4 Å². The second-order valence-electron chi connectivity index (χ2n) is 2.63. The zero-order chi connectivity index (χ0) is 6.85. The third kappa shape index (κ3) is 2.03.